The van der Waals surface area contributed by atoms with Crippen molar-refractivity contribution in [1.82, 2.24) is 0 Å². The maximum absolute atomic E-state index is 12.3. The van der Waals surface area contributed by atoms with Crippen LogP contribution in [-0.2, 0) is 14.4 Å². The minimum atomic E-state index is -0.380. The van der Waals surface area contributed by atoms with E-state index in [1.807, 2.05) is 6.07 Å². The molecule has 0 aliphatic heterocycles. The first-order chi connectivity index (χ1) is 13.0. The Morgan fingerprint density at radius 2 is 1.44 bits per heavy atom. The predicted molar refractivity (Wildman–Crippen MR) is 101 cm³/mol. The molecule has 2 unspecified atom stereocenters. The van der Waals surface area contributed by atoms with Crippen molar-refractivity contribution in [2.24, 2.45) is 11.8 Å². The van der Waals surface area contributed by atoms with Gasteiger partial charge in [0.2, 0.25) is 17.7 Å². The first-order valence-electron chi connectivity index (χ1n) is 8.46. The molecule has 3 N–H and O–H groups in total. The van der Waals surface area contributed by atoms with E-state index in [1.165, 1.54) is 6.92 Å². The number of hydrogen-bond acceptors (Lipinski definition) is 4. The number of anilines is 3. The molecule has 1 aliphatic carbocycles. The first kappa shape index (κ1) is 18.1. The van der Waals surface area contributed by atoms with Crippen LogP contribution >= 0.6 is 0 Å². The maximum Gasteiger partial charge on any atom is 0.228 e. The van der Waals surface area contributed by atoms with Crippen LogP contribution in [0.25, 0.3) is 0 Å². The van der Waals surface area contributed by atoms with Gasteiger partial charge in [0.05, 0.1) is 23.5 Å². The van der Waals surface area contributed by atoms with Gasteiger partial charge < -0.3 is 16.0 Å². The van der Waals surface area contributed by atoms with Gasteiger partial charge in [0.15, 0.2) is 0 Å². The van der Waals surface area contributed by atoms with Gasteiger partial charge in [-0.25, -0.2) is 0 Å². The second-order valence-corrected chi connectivity index (χ2v) is 6.38. The third-order valence-corrected chi connectivity index (χ3v) is 4.20. The fraction of sp³-hybridized carbons (Fsp3) is 0.200. The lowest BCUT2D eigenvalue weighted by Crippen LogP contribution is -2.20. The van der Waals surface area contributed by atoms with Crippen LogP contribution < -0.4 is 16.0 Å². The largest absolute Gasteiger partial charge is 0.326 e. The van der Waals surface area contributed by atoms with E-state index in [1.54, 1.807) is 48.5 Å². The van der Waals surface area contributed by atoms with Crippen LogP contribution in [0.5, 0.6) is 0 Å². The summed E-state index contributed by atoms with van der Waals surface area (Å²) in [5.74, 6) is -1.37. The highest BCUT2D eigenvalue weighted by Gasteiger charge is 2.48. The second-order valence-electron chi connectivity index (χ2n) is 6.38. The monoisotopic (exact) mass is 362 g/mol. The molecule has 7 heteroatoms. The van der Waals surface area contributed by atoms with Gasteiger partial charge in [-0.3, -0.25) is 14.4 Å². The van der Waals surface area contributed by atoms with Crippen LogP contribution in [0.4, 0.5) is 17.1 Å². The predicted octanol–water partition coefficient (Wildman–Crippen LogP) is 2.73. The van der Waals surface area contributed by atoms with Gasteiger partial charge >= 0.3 is 0 Å². The Kier molecular flexibility index (Phi) is 5.18. The van der Waals surface area contributed by atoms with Crippen molar-refractivity contribution >= 4 is 34.8 Å². The summed E-state index contributed by atoms with van der Waals surface area (Å²) < 4.78 is 0. The standard InChI is InChI=1S/C20H18N4O3/c1-12(25)22-14-5-7-15(8-6-14)23-19(26)17-10-18(17)20(27)24-16-4-2-3-13(9-16)11-21/h2-9,17-18H,10H2,1H3,(H,22,25)(H,23,26)(H,24,27). The fourth-order valence-electron chi connectivity index (χ4n) is 2.75. The highest BCUT2D eigenvalue weighted by molar-refractivity contribution is 6.03. The molecule has 2 aromatic carbocycles. The van der Waals surface area contributed by atoms with Crippen molar-refractivity contribution < 1.29 is 14.4 Å². The normalized spacial score (nSPS) is 17.3. The Balaban J connectivity index is 1.53. The third-order valence-electron chi connectivity index (χ3n) is 4.20. The van der Waals surface area contributed by atoms with Gasteiger partial charge in [0.25, 0.3) is 0 Å². The van der Waals surface area contributed by atoms with Gasteiger partial charge in [0, 0.05) is 24.0 Å². The molecule has 0 spiro atoms. The Labute approximate surface area is 156 Å². The smallest absolute Gasteiger partial charge is 0.228 e. The summed E-state index contributed by atoms with van der Waals surface area (Å²) in [6.07, 6.45) is 0.486. The average Bonchev–Trinajstić information content (AvgIpc) is 3.44. The lowest BCUT2D eigenvalue weighted by Gasteiger charge is -2.07. The summed E-state index contributed by atoms with van der Waals surface area (Å²) in [5, 5.41) is 17.1. The Bertz CT molecular complexity index is 931. The number of benzene rings is 2. The number of carbonyl (C=O) groups is 3. The van der Waals surface area contributed by atoms with Crippen molar-refractivity contribution in [2.45, 2.75) is 13.3 Å². The number of nitrogens with zero attached hydrogens (tertiary/aromatic N) is 1. The lowest BCUT2D eigenvalue weighted by atomic mass is 10.2. The molecule has 3 amide bonds. The molecule has 0 saturated heterocycles. The van der Waals surface area contributed by atoms with Crippen LogP contribution in [-0.4, -0.2) is 17.7 Å². The Morgan fingerprint density at radius 3 is 2.00 bits per heavy atom. The Morgan fingerprint density at radius 1 is 0.889 bits per heavy atom. The number of amides is 3. The van der Waals surface area contributed by atoms with Crippen LogP contribution in [0.15, 0.2) is 48.5 Å². The fourth-order valence-corrected chi connectivity index (χ4v) is 2.75. The number of nitriles is 1. The lowest BCUT2D eigenvalue weighted by molar-refractivity contribution is -0.122. The van der Waals surface area contributed by atoms with Crippen LogP contribution in [0.3, 0.4) is 0 Å². The van der Waals surface area contributed by atoms with E-state index in [0.29, 0.717) is 29.0 Å². The molecule has 2 aromatic rings. The number of carbonyl (C=O) groups excluding carboxylic acids is 3. The van der Waals surface area contributed by atoms with Gasteiger partial charge in [0.1, 0.15) is 0 Å². The van der Waals surface area contributed by atoms with Crippen LogP contribution in [0, 0.1) is 23.2 Å². The summed E-state index contributed by atoms with van der Waals surface area (Å²) in [5.41, 5.74) is 2.24. The van der Waals surface area contributed by atoms with E-state index in [9.17, 15) is 14.4 Å². The van der Waals surface area contributed by atoms with Gasteiger partial charge in [-0.2, -0.15) is 5.26 Å². The van der Waals surface area contributed by atoms with Crippen molar-refractivity contribution in [3.63, 3.8) is 0 Å². The number of nitrogens with one attached hydrogen (secondary N) is 3. The highest BCUT2D eigenvalue weighted by Crippen LogP contribution is 2.40. The van der Waals surface area contributed by atoms with Gasteiger partial charge in [-0.15, -0.1) is 0 Å². The molecule has 27 heavy (non-hydrogen) atoms. The molecule has 7 nitrogen and oxygen atoms in total. The minimum Gasteiger partial charge on any atom is -0.326 e. The highest BCUT2D eigenvalue weighted by atomic mass is 16.2. The summed E-state index contributed by atoms with van der Waals surface area (Å²) in [6.45, 7) is 1.42. The molecule has 1 aliphatic rings. The summed E-state index contributed by atoms with van der Waals surface area (Å²) in [4.78, 5) is 35.6. The van der Waals surface area contributed by atoms with E-state index in [-0.39, 0.29) is 29.6 Å². The summed E-state index contributed by atoms with van der Waals surface area (Å²) in [7, 11) is 0. The van der Waals surface area contributed by atoms with E-state index >= 15 is 0 Å². The zero-order chi connectivity index (χ0) is 19.4. The molecule has 0 aromatic heterocycles. The topological polar surface area (TPSA) is 111 Å². The van der Waals surface area contributed by atoms with Crippen molar-refractivity contribution in [2.75, 3.05) is 16.0 Å². The van der Waals surface area contributed by atoms with Crippen molar-refractivity contribution in [3.05, 3.63) is 54.1 Å². The summed E-state index contributed by atoms with van der Waals surface area (Å²) in [6, 6.07) is 15.4. The number of rotatable bonds is 5. The SMILES string of the molecule is CC(=O)Nc1ccc(NC(=O)C2CC2C(=O)Nc2cccc(C#N)c2)cc1. The van der Waals surface area contributed by atoms with Gasteiger partial charge in [-0.05, 0) is 48.9 Å². The maximum atomic E-state index is 12.3. The Hall–Kier alpha value is -3.66. The molecule has 0 heterocycles. The number of hydrogen-bond donors (Lipinski definition) is 3. The zero-order valence-corrected chi connectivity index (χ0v) is 14.7. The quantitative estimate of drug-likeness (QED) is 0.759. The summed E-state index contributed by atoms with van der Waals surface area (Å²) >= 11 is 0. The molecule has 136 valence electrons. The van der Waals surface area contributed by atoms with Crippen LogP contribution in [0.1, 0.15) is 18.9 Å². The molecule has 0 radical (unpaired) electrons. The van der Waals surface area contributed by atoms with E-state index in [2.05, 4.69) is 16.0 Å². The first-order valence-corrected chi connectivity index (χ1v) is 8.46. The average molecular weight is 362 g/mol. The van der Waals surface area contributed by atoms with E-state index in [0.717, 1.165) is 0 Å². The molecule has 1 fully saturated rings. The molecular formula is C20H18N4O3. The molecule has 2 atom stereocenters. The van der Waals surface area contributed by atoms with Crippen molar-refractivity contribution in [1.29, 1.82) is 5.26 Å². The van der Waals surface area contributed by atoms with Gasteiger partial charge in [-0.1, -0.05) is 6.07 Å². The van der Waals surface area contributed by atoms with Crippen molar-refractivity contribution in [3.8, 4) is 6.07 Å². The zero-order valence-electron chi connectivity index (χ0n) is 14.7. The molecule has 1 saturated carbocycles. The molecule has 3 rings (SSSR count). The third kappa shape index (κ3) is 4.70. The molecular weight excluding hydrogens is 344 g/mol. The minimum absolute atomic E-state index is 0.168. The molecule has 0 bridgehead atoms. The van der Waals surface area contributed by atoms with Crippen LogP contribution in [0.2, 0.25) is 0 Å². The second kappa shape index (κ2) is 7.70. The van der Waals surface area contributed by atoms with E-state index < -0.39 is 0 Å². The van der Waals surface area contributed by atoms with E-state index in [4.69, 9.17) is 5.26 Å².